The summed E-state index contributed by atoms with van der Waals surface area (Å²) in [7, 11) is 0. The summed E-state index contributed by atoms with van der Waals surface area (Å²) in [5.41, 5.74) is 0.681. The van der Waals surface area contributed by atoms with Gasteiger partial charge < -0.3 is 5.32 Å². The summed E-state index contributed by atoms with van der Waals surface area (Å²) in [6.07, 6.45) is 2.55. The van der Waals surface area contributed by atoms with Crippen LogP contribution in [0.25, 0.3) is 0 Å². The number of amides is 1. The Hall–Kier alpha value is -0.390. The molecule has 0 bridgehead atoms. The molecule has 0 radical (unpaired) electrons. The number of carbonyl (C=O) groups is 1. The van der Waals surface area contributed by atoms with Gasteiger partial charge in [0.05, 0.1) is 0 Å². The van der Waals surface area contributed by atoms with Crippen molar-refractivity contribution in [1.29, 1.82) is 0 Å². The van der Waals surface area contributed by atoms with Crippen LogP contribution < -0.4 is 5.32 Å². The van der Waals surface area contributed by atoms with Crippen molar-refractivity contribution in [3.63, 3.8) is 0 Å². The lowest BCUT2D eigenvalue weighted by Crippen LogP contribution is -2.45. The van der Waals surface area contributed by atoms with E-state index in [9.17, 15) is 4.79 Å². The normalized spacial score (nSPS) is 17.2. The molecule has 1 amide bonds. The highest BCUT2D eigenvalue weighted by Crippen LogP contribution is 2.21. The quantitative estimate of drug-likeness (QED) is 0.783. The molecule has 1 N–H and O–H groups in total. The monoisotopic (exact) mass is 416 g/mol. The fourth-order valence-electron chi connectivity index (χ4n) is 2.84. The number of hydrogen-bond acceptors (Lipinski definition) is 2. The molecule has 2 rings (SSSR count). The number of halogens is 2. The lowest BCUT2D eigenvalue weighted by Gasteiger charge is -2.31. The smallest absolute Gasteiger partial charge is 0.251 e. The van der Waals surface area contributed by atoms with Gasteiger partial charge in [-0.05, 0) is 50.0 Å². The number of likely N-dealkylation sites (tertiary alicyclic amines) is 1. The van der Waals surface area contributed by atoms with Crippen LogP contribution in [-0.4, -0.2) is 36.5 Å². The molecule has 0 aromatic heterocycles. The molecule has 3 nitrogen and oxygen atoms in total. The van der Waals surface area contributed by atoms with Gasteiger partial charge in [0.15, 0.2) is 0 Å². The summed E-state index contributed by atoms with van der Waals surface area (Å²) in [6, 6.07) is 6.05. The van der Waals surface area contributed by atoms with Crippen LogP contribution in [0.1, 0.15) is 37.0 Å². The molecule has 116 valence electrons. The molecule has 1 unspecified atom stereocenters. The first kappa shape index (κ1) is 17.0. The molecule has 1 atom stereocenters. The highest BCUT2D eigenvalue weighted by molar-refractivity contribution is 9.11. The van der Waals surface area contributed by atoms with Gasteiger partial charge in [0.1, 0.15) is 0 Å². The summed E-state index contributed by atoms with van der Waals surface area (Å²) in [6.45, 7) is 7.47. The third-order valence-electron chi connectivity index (χ3n) is 3.98. The van der Waals surface area contributed by atoms with Crippen LogP contribution in [0, 0.1) is 5.92 Å². The Morgan fingerprint density at radius 3 is 2.29 bits per heavy atom. The van der Waals surface area contributed by atoms with Gasteiger partial charge in [-0.25, -0.2) is 0 Å². The maximum Gasteiger partial charge on any atom is 0.251 e. The van der Waals surface area contributed by atoms with Crippen molar-refractivity contribution in [2.75, 3.05) is 19.6 Å². The van der Waals surface area contributed by atoms with Gasteiger partial charge >= 0.3 is 0 Å². The number of hydrogen-bond donors (Lipinski definition) is 1. The molecule has 1 heterocycles. The maximum absolute atomic E-state index is 12.3. The molecule has 0 aliphatic carbocycles. The van der Waals surface area contributed by atoms with Crippen LogP contribution in [0.3, 0.4) is 0 Å². The molecule has 1 aromatic rings. The van der Waals surface area contributed by atoms with E-state index in [1.165, 1.54) is 12.8 Å². The van der Waals surface area contributed by atoms with E-state index in [2.05, 4.69) is 55.9 Å². The first-order valence-electron chi connectivity index (χ1n) is 7.45. The average molecular weight is 418 g/mol. The zero-order chi connectivity index (χ0) is 15.4. The third kappa shape index (κ3) is 4.80. The number of carbonyl (C=O) groups excluding carboxylic acids is 1. The molecular formula is C16H22Br2N2O. The van der Waals surface area contributed by atoms with Crippen LogP contribution >= 0.6 is 31.9 Å². The Balaban J connectivity index is 1.98. The van der Waals surface area contributed by atoms with E-state index >= 15 is 0 Å². The molecule has 1 aromatic carbocycles. The number of rotatable bonds is 5. The van der Waals surface area contributed by atoms with Crippen LogP contribution in [0.5, 0.6) is 0 Å². The Morgan fingerprint density at radius 1 is 1.19 bits per heavy atom. The molecule has 21 heavy (non-hydrogen) atoms. The molecular weight excluding hydrogens is 396 g/mol. The van der Waals surface area contributed by atoms with Crippen LogP contribution in [0.15, 0.2) is 27.1 Å². The minimum Gasteiger partial charge on any atom is -0.350 e. The number of nitrogens with zero attached hydrogens (tertiary/aromatic N) is 1. The van der Waals surface area contributed by atoms with Crippen molar-refractivity contribution in [2.24, 2.45) is 5.92 Å². The predicted octanol–water partition coefficient (Wildman–Crippen LogP) is 4.06. The predicted molar refractivity (Wildman–Crippen MR) is 93.6 cm³/mol. The van der Waals surface area contributed by atoms with Crippen molar-refractivity contribution < 1.29 is 4.79 Å². The van der Waals surface area contributed by atoms with Gasteiger partial charge in [-0.2, -0.15) is 0 Å². The molecule has 0 spiro atoms. The summed E-state index contributed by atoms with van der Waals surface area (Å²) in [5, 5.41) is 3.09. The van der Waals surface area contributed by atoms with Crippen LogP contribution in [-0.2, 0) is 0 Å². The summed E-state index contributed by atoms with van der Waals surface area (Å²) >= 11 is 6.84. The average Bonchev–Trinajstić information content (AvgIpc) is 2.91. The summed E-state index contributed by atoms with van der Waals surface area (Å²) in [4.78, 5) is 14.8. The van der Waals surface area contributed by atoms with E-state index in [-0.39, 0.29) is 5.91 Å². The Bertz CT molecular complexity index is 479. The topological polar surface area (TPSA) is 32.3 Å². The summed E-state index contributed by atoms with van der Waals surface area (Å²) < 4.78 is 1.81. The molecule has 1 fully saturated rings. The number of nitrogens with one attached hydrogen (secondary N) is 1. The van der Waals surface area contributed by atoms with Gasteiger partial charge in [0.2, 0.25) is 0 Å². The van der Waals surface area contributed by atoms with Gasteiger partial charge in [-0.1, -0.05) is 45.7 Å². The second-order valence-corrected chi connectivity index (χ2v) is 7.75. The lowest BCUT2D eigenvalue weighted by atomic mass is 10.0. The Kier molecular flexibility index (Phi) is 6.26. The van der Waals surface area contributed by atoms with Crippen molar-refractivity contribution >= 4 is 37.8 Å². The SMILES string of the molecule is CC(C)C(CNC(=O)c1cc(Br)cc(Br)c1)N1CCCC1. The third-order valence-corrected chi connectivity index (χ3v) is 4.89. The minimum absolute atomic E-state index is 0.0122. The second kappa shape index (κ2) is 7.75. The van der Waals surface area contributed by atoms with Gasteiger partial charge in [0.25, 0.3) is 5.91 Å². The highest BCUT2D eigenvalue weighted by atomic mass is 79.9. The van der Waals surface area contributed by atoms with Crippen molar-refractivity contribution in [3.05, 3.63) is 32.7 Å². The fourth-order valence-corrected chi connectivity index (χ4v) is 4.14. The molecule has 1 aliphatic rings. The lowest BCUT2D eigenvalue weighted by molar-refractivity contribution is 0.0927. The Labute approximate surface area is 143 Å². The molecule has 0 saturated carbocycles. The van der Waals surface area contributed by atoms with Crippen LogP contribution in [0.4, 0.5) is 0 Å². The standard InChI is InChI=1S/C16H22Br2N2O/c1-11(2)15(20-5-3-4-6-20)10-19-16(21)12-7-13(17)9-14(18)8-12/h7-9,11,15H,3-6,10H2,1-2H3,(H,19,21). The van der Waals surface area contributed by atoms with E-state index in [4.69, 9.17) is 0 Å². The number of benzene rings is 1. The van der Waals surface area contributed by atoms with E-state index in [0.29, 0.717) is 24.1 Å². The van der Waals surface area contributed by atoms with Gasteiger partial charge in [-0.15, -0.1) is 0 Å². The zero-order valence-electron chi connectivity index (χ0n) is 12.5. The van der Waals surface area contributed by atoms with Crippen LogP contribution in [0.2, 0.25) is 0 Å². The van der Waals surface area contributed by atoms with Gasteiger partial charge in [-0.3, -0.25) is 9.69 Å². The first-order valence-corrected chi connectivity index (χ1v) is 9.04. The minimum atomic E-state index is -0.0122. The van der Waals surface area contributed by atoms with Crippen molar-refractivity contribution in [2.45, 2.75) is 32.7 Å². The van der Waals surface area contributed by atoms with Gasteiger partial charge in [0, 0.05) is 27.1 Å². The summed E-state index contributed by atoms with van der Waals surface area (Å²) in [5.74, 6) is 0.527. The first-order chi connectivity index (χ1) is 9.97. The van der Waals surface area contributed by atoms with Crippen molar-refractivity contribution in [1.82, 2.24) is 10.2 Å². The Morgan fingerprint density at radius 2 is 1.76 bits per heavy atom. The fraction of sp³-hybridized carbons (Fsp3) is 0.562. The van der Waals surface area contributed by atoms with E-state index in [0.717, 1.165) is 22.0 Å². The highest BCUT2D eigenvalue weighted by Gasteiger charge is 2.25. The largest absolute Gasteiger partial charge is 0.350 e. The van der Waals surface area contributed by atoms with E-state index in [1.54, 1.807) is 0 Å². The molecule has 1 aliphatic heterocycles. The zero-order valence-corrected chi connectivity index (χ0v) is 15.7. The molecule has 5 heteroatoms. The second-order valence-electron chi connectivity index (χ2n) is 5.92. The van der Waals surface area contributed by atoms with Crippen molar-refractivity contribution in [3.8, 4) is 0 Å². The molecule has 1 saturated heterocycles. The van der Waals surface area contributed by atoms with E-state index < -0.39 is 0 Å². The maximum atomic E-state index is 12.3. The van der Waals surface area contributed by atoms with E-state index in [1.807, 2.05) is 18.2 Å².